The van der Waals surface area contributed by atoms with Crippen LogP contribution in [0.2, 0.25) is 0 Å². The molecule has 4 N–H and O–H groups in total. The Kier molecular flexibility index (Phi) is 11.2. The minimum absolute atomic E-state index is 0.0238. The lowest BCUT2D eigenvalue weighted by Gasteiger charge is -2.36. The fourth-order valence-electron chi connectivity index (χ4n) is 6.43. The minimum atomic E-state index is -0.708. The molecule has 3 atom stereocenters. The first-order chi connectivity index (χ1) is 22.3. The van der Waals surface area contributed by atoms with E-state index in [-0.39, 0.29) is 42.0 Å². The van der Waals surface area contributed by atoms with E-state index in [1.165, 1.54) is 4.68 Å². The quantitative estimate of drug-likeness (QED) is 0.257. The van der Waals surface area contributed by atoms with Gasteiger partial charge in [0.05, 0.1) is 0 Å². The van der Waals surface area contributed by atoms with E-state index in [4.69, 9.17) is 0 Å². The van der Waals surface area contributed by atoms with Crippen LogP contribution < -0.4 is 21.3 Å². The van der Waals surface area contributed by atoms with Gasteiger partial charge in [0.15, 0.2) is 0 Å². The standard InChI is InChI=1S/C35H45N7O4/c1-3-31(43)39-28(35(46)42-21-20-36-29(23-42)25-10-6-4-7-11-25)22-24-14-16-27(17-15-24)38-34(45)32(26-12-8-5-9-13-26)40-33(44)30-18-19-37-41(30)2/h4,6-7,10-11,14-19,26,28-29,32,36H,3,5,8-9,12-13,20-23H2,1-2H3,(H,38,45)(H,39,43)(H,40,44)/t28?,29-,32?/m1/s1. The summed E-state index contributed by atoms with van der Waals surface area (Å²) < 4.78 is 1.49. The average molecular weight is 628 g/mol. The van der Waals surface area contributed by atoms with E-state index in [0.29, 0.717) is 37.4 Å². The van der Waals surface area contributed by atoms with Crippen LogP contribution in [0.4, 0.5) is 5.69 Å². The number of carbonyl (C=O) groups excluding carboxylic acids is 4. The zero-order valence-electron chi connectivity index (χ0n) is 26.7. The second kappa shape index (κ2) is 15.7. The highest BCUT2D eigenvalue weighted by Gasteiger charge is 2.33. The van der Waals surface area contributed by atoms with Gasteiger partial charge in [0, 0.05) is 57.4 Å². The molecule has 2 unspecified atom stereocenters. The highest BCUT2D eigenvalue weighted by Crippen LogP contribution is 2.28. The monoisotopic (exact) mass is 627 g/mol. The van der Waals surface area contributed by atoms with Gasteiger partial charge >= 0.3 is 0 Å². The van der Waals surface area contributed by atoms with Gasteiger partial charge in [0.1, 0.15) is 17.8 Å². The molecule has 3 aromatic rings. The van der Waals surface area contributed by atoms with E-state index in [2.05, 4.69) is 26.4 Å². The smallest absolute Gasteiger partial charge is 0.270 e. The first-order valence-electron chi connectivity index (χ1n) is 16.4. The number of aromatic nitrogens is 2. The summed E-state index contributed by atoms with van der Waals surface area (Å²) in [5, 5.41) is 16.5. The predicted molar refractivity (Wildman–Crippen MR) is 176 cm³/mol. The van der Waals surface area contributed by atoms with Gasteiger partial charge in [-0.25, -0.2) is 0 Å². The zero-order valence-corrected chi connectivity index (χ0v) is 26.7. The van der Waals surface area contributed by atoms with E-state index in [9.17, 15) is 19.2 Å². The highest BCUT2D eigenvalue weighted by molar-refractivity contribution is 6.00. The van der Waals surface area contributed by atoms with Gasteiger partial charge in [-0.05, 0) is 48.1 Å². The van der Waals surface area contributed by atoms with Crippen molar-refractivity contribution in [3.05, 3.63) is 83.7 Å². The Morgan fingerprint density at radius 1 is 0.957 bits per heavy atom. The van der Waals surface area contributed by atoms with Gasteiger partial charge in [-0.2, -0.15) is 5.10 Å². The predicted octanol–water partition coefficient (Wildman–Crippen LogP) is 3.35. The van der Waals surface area contributed by atoms with Crippen LogP contribution >= 0.6 is 0 Å². The van der Waals surface area contributed by atoms with Gasteiger partial charge in [-0.1, -0.05) is 68.7 Å². The number of aryl methyl sites for hydroxylation is 1. The van der Waals surface area contributed by atoms with E-state index < -0.39 is 12.1 Å². The summed E-state index contributed by atoms with van der Waals surface area (Å²) in [5.41, 5.74) is 2.97. The van der Waals surface area contributed by atoms with Gasteiger partial charge < -0.3 is 26.2 Å². The first kappa shape index (κ1) is 32.9. The van der Waals surface area contributed by atoms with Crippen molar-refractivity contribution in [3.8, 4) is 0 Å². The summed E-state index contributed by atoms with van der Waals surface area (Å²) in [5.74, 6) is -0.832. The number of nitrogens with zero attached hydrogens (tertiary/aromatic N) is 3. The second-order valence-corrected chi connectivity index (χ2v) is 12.3. The number of rotatable bonds is 11. The van der Waals surface area contributed by atoms with Crippen molar-refractivity contribution in [3.63, 3.8) is 0 Å². The Bertz CT molecular complexity index is 1480. The van der Waals surface area contributed by atoms with E-state index in [1.54, 1.807) is 38.4 Å². The van der Waals surface area contributed by atoms with Crippen molar-refractivity contribution in [1.82, 2.24) is 30.6 Å². The largest absolute Gasteiger partial charge is 0.344 e. The van der Waals surface area contributed by atoms with Crippen LogP contribution in [0, 0.1) is 5.92 Å². The Balaban J connectivity index is 1.25. The van der Waals surface area contributed by atoms with Crippen LogP contribution in [0.1, 0.15) is 73.1 Å². The third-order valence-corrected chi connectivity index (χ3v) is 9.05. The van der Waals surface area contributed by atoms with Gasteiger partial charge in [-0.15, -0.1) is 0 Å². The molecule has 5 rings (SSSR count). The third kappa shape index (κ3) is 8.39. The maximum atomic E-state index is 13.7. The number of piperazine rings is 1. The summed E-state index contributed by atoms with van der Waals surface area (Å²) in [6, 6.07) is 17.6. The molecule has 1 aromatic heterocycles. The summed E-state index contributed by atoms with van der Waals surface area (Å²) in [6.07, 6.45) is 7.10. The van der Waals surface area contributed by atoms with Gasteiger partial charge in [0.25, 0.3) is 5.91 Å². The molecule has 1 aliphatic carbocycles. The Morgan fingerprint density at radius 2 is 1.70 bits per heavy atom. The van der Waals surface area contributed by atoms with Crippen LogP contribution in [-0.2, 0) is 27.9 Å². The molecule has 1 aliphatic heterocycles. The number of hydrogen-bond acceptors (Lipinski definition) is 6. The number of anilines is 1. The average Bonchev–Trinajstić information content (AvgIpc) is 3.53. The molecule has 0 spiro atoms. The summed E-state index contributed by atoms with van der Waals surface area (Å²) in [6.45, 7) is 3.51. The lowest BCUT2D eigenvalue weighted by molar-refractivity contribution is -0.137. The van der Waals surface area contributed by atoms with Crippen molar-refractivity contribution in [2.24, 2.45) is 13.0 Å². The molecule has 1 saturated heterocycles. The molecule has 11 nitrogen and oxygen atoms in total. The third-order valence-electron chi connectivity index (χ3n) is 9.05. The molecule has 2 heterocycles. The van der Waals surface area contributed by atoms with Crippen molar-refractivity contribution in [1.29, 1.82) is 0 Å². The molecule has 1 saturated carbocycles. The molecular weight excluding hydrogens is 582 g/mol. The molecule has 46 heavy (non-hydrogen) atoms. The topological polar surface area (TPSA) is 137 Å². The number of hydrogen-bond donors (Lipinski definition) is 4. The van der Waals surface area contributed by atoms with Crippen molar-refractivity contribution < 1.29 is 19.2 Å². The fourth-order valence-corrected chi connectivity index (χ4v) is 6.43. The van der Waals surface area contributed by atoms with Gasteiger partial charge in [-0.3, -0.25) is 23.9 Å². The van der Waals surface area contributed by atoms with Crippen LogP contribution in [0.25, 0.3) is 0 Å². The van der Waals surface area contributed by atoms with Crippen molar-refractivity contribution >= 4 is 29.3 Å². The molecule has 11 heteroatoms. The molecule has 2 fully saturated rings. The van der Waals surface area contributed by atoms with Crippen LogP contribution in [0.3, 0.4) is 0 Å². The van der Waals surface area contributed by atoms with E-state index in [1.807, 2.05) is 47.4 Å². The number of amides is 4. The van der Waals surface area contributed by atoms with Gasteiger partial charge in [0.2, 0.25) is 17.7 Å². The van der Waals surface area contributed by atoms with E-state index in [0.717, 1.165) is 43.2 Å². The molecule has 4 amide bonds. The van der Waals surface area contributed by atoms with Crippen LogP contribution in [-0.4, -0.2) is 70.0 Å². The Hall–Kier alpha value is -4.51. The molecule has 2 aliphatic rings. The Morgan fingerprint density at radius 3 is 2.37 bits per heavy atom. The number of nitrogens with one attached hydrogen (secondary N) is 4. The lowest BCUT2D eigenvalue weighted by atomic mass is 9.83. The first-order valence-corrected chi connectivity index (χ1v) is 16.4. The highest BCUT2D eigenvalue weighted by atomic mass is 16.2. The summed E-state index contributed by atoms with van der Waals surface area (Å²) in [7, 11) is 1.70. The molecule has 0 bridgehead atoms. The lowest BCUT2D eigenvalue weighted by Crippen LogP contribution is -2.55. The fraction of sp³-hybridized carbons (Fsp3) is 0.457. The maximum absolute atomic E-state index is 13.7. The molecule has 244 valence electrons. The Labute approximate surface area is 270 Å². The van der Waals surface area contributed by atoms with Crippen LogP contribution in [0.5, 0.6) is 0 Å². The number of carbonyl (C=O) groups is 4. The van der Waals surface area contributed by atoms with Crippen LogP contribution in [0.15, 0.2) is 66.9 Å². The number of benzene rings is 2. The summed E-state index contributed by atoms with van der Waals surface area (Å²) in [4.78, 5) is 54.6. The summed E-state index contributed by atoms with van der Waals surface area (Å²) >= 11 is 0. The van der Waals surface area contributed by atoms with E-state index >= 15 is 0 Å². The van der Waals surface area contributed by atoms with Crippen molar-refractivity contribution in [2.45, 2.75) is 70.0 Å². The molecule has 0 radical (unpaired) electrons. The minimum Gasteiger partial charge on any atom is -0.344 e. The SMILES string of the molecule is CCC(=O)NC(Cc1ccc(NC(=O)C(NC(=O)c2ccnn2C)C2CCCCC2)cc1)C(=O)N1CCN[C@@H](c2ccccc2)C1. The maximum Gasteiger partial charge on any atom is 0.270 e. The molecular formula is C35H45N7O4. The molecule has 2 aromatic carbocycles. The second-order valence-electron chi connectivity index (χ2n) is 12.3. The van der Waals surface area contributed by atoms with Crippen molar-refractivity contribution in [2.75, 3.05) is 25.0 Å². The zero-order chi connectivity index (χ0) is 32.5. The normalized spacial score (nSPS) is 18.3.